The van der Waals surface area contributed by atoms with Gasteiger partial charge < -0.3 is 7.85 Å². The van der Waals surface area contributed by atoms with Gasteiger partial charge in [-0.15, -0.1) is 0 Å². The first kappa shape index (κ1) is 12.0. The van der Waals surface area contributed by atoms with Crippen LogP contribution in [0, 0.1) is 0 Å². The topological polar surface area (TPSA) is 0 Å². The van der Waals surface area contributed by atoms with Crippen molar-refractivity contribution in [1.82, 2.24) is 0 Å². The molecule has 0 aromatic rings. The number of allylic oxidation sites excluding steroid dienone is 1. The summed E-state index contributed by atoms with van der Waals surface area (Å²) in [5, 5.41) is 0. The predicted octanol–water partition coefficient (Wildman–Crippen LogP) is -1.76. The molecule has 0 unspecified atom stereocenters. The molecule has 0 saturated carbocycles. The van der Waals surface area contributed by atoms with Crippen molar-refractivity contribution in [3.05, 3.63) is 11.6 Å². The number of hydrogen-bond donors (Lipinski definition) is 0. The summed E-state index contributed by atoms with van der Waals surface area (Å²) in [6.45, 7) is -1.28. The van der Waals surface area contributed by atoms with E-state index in [1.54, 1.807) is 0 Å². The van der Waals surface area contributed by atoms with Crippen LogP contribution >= 0.6 is 0 Å². The first-order chi connectivity index (χ1) is 3.18. The first-order valence-electron chi connectivity index (χ1n) is 1.54. The molecule has 3 radical (unpaired) electrons. The van der Waals surface area contributed by atoms with Crippen LogP contribution in [-0.2, 0) is 0 Å². The zero-order chi connectivity index (χ0) is 5.86. The van der Waals surface area contributed by atoms with Gasteiger partial charge in [0.1, 0.15) is 0 Å². The average molecular weight is 145 g/mol. The summed E-state index contributed by atoms with van der Waals surface area (Å²) in [5.74, 6) is 0. The van der Waals surface area contributed by atoms with E-state index < -0.39 is 18.2 Å². The van der Waals surface area contributed by atoms with Gasteiger partial charge in [0.25, 0.3) is 0 Å². The van der Waals surface area contributed by atoms with E-state index in [1.165, 1.54) is 0 Å². The normalized spacial score (nSPS) is 7.50. The predicted molar refractivity (Wildman–Crippen MR) is 21.0 cm³/mol. The third-order valence-corrected chi connectivity index (χ3v) is 0.387. The molecule has 5 heteroatoms. The fourth-order valence-electron chi connectivity index (χ4n) is 0.0505. The van der Waals surface area contributed by atoms with Crippen molar-refractivity contribution in [2.24, 2.45) is 0 Å². The maximum atomic E-state index is 11.0. The molecule has 0 aliphatic rings. The average Bonchev–Trinajstić information content (AvgIpc) is 1.65. The summed E-state index contributed by atoms with van der Waals surface area (Å²) < 4.78 is 32.9. The molecule has 0 amide bonds. The smallest absolute Gasteiger partial charge is 0.576 e. The van der Waals surface area contributed by atoms with Gasteiger partial charge in [0.2, 0.25) is 6.08 Å². The van der Waals surface area contributed by atoms with Crippen LogP contribution in [0.1, 0.15) is 0 Å². The number of hydrogen-bond acceptors (Lipinski definition) is 0. The van der Waals surface area contributed by atoms with E-state index in [0.717, 1.165) is 0 Å². The summed E-state index contributed by atoms with van der Waals surface area (Å²) in [4.78, 5) is 0. The zero-order valence-corrected chi connectivity index (χ0v) is 7.54. The molecule has 0 fully saturated rings. The third kappa shape index (κ3) is 5.37. The van der Waals surface area contributed by atoms with Crippen LogP contribution in [0.25, 0.3) is 0 Å². The first-order valence-corrected chi connectivity index (χ1v) is 1.54. The van der Waals surface area contributed by atoms with Crippen LogP contribution in [-0.4, -0.2) is 14.5 Å². The van der Waals surface area contributed by atoms with Crippen molar-refractivity contribution in [2.45, 2.75) is 0 Å². The van der Waals surface area contributed by atoms with E-state index >= 15 is 0 Å². The van der Waals surface area contributed by atoms with Gasteiger partial charge in [-0.2, -0.15) is 8.78 Å². The monoisotopic (exact) mass is 145 g/mol. The Kier molecular flexibility index (Phi) is 9.50. The van der Waals surface area contributed by atoms with Crippen molar-refractivity contribution in [3.63, 3.8) is 0 Å². The quantitative estimate of drug-likeness (QED) is 0.383. The fraction of sp³-hybridized carbons (Fsp3) is 0.333. The molecule has 0 aromatic heterocycles. The van der Waals surface area contributed by atoms with Crippen molar-refractivity contribution in [3.8, 4) is 0 Å². The van der Waals surface area contributed by atoms with E-state index in [-0.39, 0.29) is 51.4 Å². The number of alkyl halides is 1. The molecule has 0 aliphatic carbocycles. The van der Waals surface area contributed by atoms with Gasteiger partial charge in [-0.3, -0.25) is 4.39 Å². The van der Waals surface area contributed by atoms with Gasteiger partial charge in [-0.25, -0.2) is 5.47 Å². The van der Waals surface area contributed by atoms with Crippen LogP contribution in [0.2, 0.25) is 0 Å². The Morgan fingerprint density at radius 3 is 1.75 bits per heavy atom. The summed E-state index contributed by atoms with van der Waals surface area (Å²) in [5.41, 5.74) is -0.986. The van der Waals surface area contributed by atoms with Crippen LogP contribution in [0.3, 0.4) is 0 Å². The Morgan fingerprint density at radius 2 is 1.75 bits per heavy atom. The summed E-state index contributed by atoms with van der Waals surface area (Å²) >= 11 is 0. The van der Waals surface area contributed by atoms with E-state index in [9.17, 15) is 13.2 Å². The fourth-order valence-corrected chi connectivity index (χ4v) is 0.0505. The van der Waals surface area contributed by atoms with Crippen molar-refractivity contribution >= 4 is 7.85 Å². The molecule has 0 aromatic carbocycles. The van der Waals surface area contributed by atoms with Gasteiger partial charge in [-0.05, 0) is 0 Å². The van der Waals surface area contributed by atoms with Gasteiger partial charge >= 0.3 is 51.4 Å². The molecule has 39 valence electrons. The Bertz CT molecular complexity index is 88.5. The molecule has 0 rings (SSSR count). The summed E-state index contributed by atoms with van der Waals surface area (Å²) in [6.07, 6.45) is -2.14. The number of rotatable bonds is 1. The summed E-state index contributed by atoms with van der Waals surface area (Å²) in [6, 6.07) is 0. The Hall–Kier alpha value is 1.23. The van der Waals surface area contributed by atoms with Gasteiger partial charge in [0.15, 0.2) is 0 Å². The maximum Gasteiger partial charge on any atom is 1.00 e. The second-order valence-electron chi connectivity index (χ2n) is 0.919. The molecule has 0 aliphatic heterocycles. The minimum Gasteiger partial charge on any atom is -0.576 e. The SMILES string of the molecule is [B-]C(CF)=C(F)F.[K+]. The molecule has 0 heterocycles. The molecule has 0 nitrogen and oxygen atoms in total. The van der Waals surface area contributed by atoms with E-state index in [2.05, 4.69) is 7.85 Å². The molecule has 0 bridgehead atoms. The summed E-state index contributed by atoms with van der Waals surface area (Å²) in [7, 11) is 4.37. The van der Waals surface area contributed by atoms with Crippen molar-refractivity contribution in [1.29, 1.82) is 0 Å². The molecule has 0 atom stereocenters. The van der Waals surface area contributed by atoms with Crippen molar-refractivity contribution < 1.29 is 64.6 Å². The van der Waals surface area contributed by atoms with Crippen LogP contribution in [0.5, 0.6) is 0 Å². The minimum absolute atomic E-state index is 0. The Labute approximate surface area is 89.4 Å². The largest absolute Gasteiger partial charge is 1.00 e. The maximum absolute atomic E-state index is 11.0. The van der Waals surface area contributed by atoms with E-state index in [0.29, 0.717) is 0 Å². The van der Waals surface area contributed by atoms with Crippen molar-refractivity contribution in [2.75, 3.05) is 6.67 Å². The van der Waals surface area contributed by atoms with Gasteiger partial charge in [0.05, 0.1) is 6.67 Å². The zero-order valence-electron chi connectivity index (χ0n) is 4.42. The molecule has 0 spiro atoms. The van der Waals surface area contributed by atoms with Crippen LogP contribution < -0.4 is 51.4 Å². The van der Waals surface area contributed by atoms with E-state index in [1.807, 2.05) is 0 Å². The van der Waals surface area contributed by atoms with Gasteiger partial charge in [0, 0.05) is 0 Å². The molecular weight excluding hydrogens is 143 g/mol. The molecule has 0 saturated heterocycles. The van der Waals surface area contributed by atoms with Crippen LogP contribution in [0.4, 0.5) is 13.2 Å². The van der Waals surface area contributed by atoms with Crippen LogP contribution in [0.15, 0.2) is 11.6 Å². The molecular formula is C3H2BF3K. The molecule has 0 N–H and O–H groups in total. The number of halogens is 3. The Morgan fingerprint density at radius 1 is 1.38 bits per heavy atom. The standard InChI is InChI=1S/C3H2BF3.K/c4-2(1-5)3(6)7;/h1H2;/q-1;+1. The third-order valence-electron chi connectivity index (χ3n) is 0.387. The second-order valence-corrected chi connectivity index (χ2v) is 0.919. The Balaban J connectivity index is 0. The van der Waals surface area contributed by atoms with Gasteiger partial charge in [-0.1, -0.05) is 0 Å². The molecule has 8 heavy (non-hydrogen) atoms. The van der Waals surface area contributed by atoms with E-state index in [4.69, 9.17) is 0 Å². The minimum atomic E-state index is -2.14. The second kappa shape index (κ2) is 6.35.